The Morgan fingerprint density at radius 2 is 2.00 bits per heavy atom. The van der Waals surface area contributed by atoms with E-state index in [0.29, 0.717) is 0 Å². The van der Waals surface area contributed by atoms with Gasteiger partial charge >= 0.3 is 0 Å². The summed E-state index contributed by atoms with van der Waals surface area (Å²) in [6.45, 7) is 4.18. The zero-order valence-electron chi connectivity index (χ0n) is 10.8. The first kappa shape index (κ1) is 13.1. The highest BCUT2D eigenvalue weighted by atomic mass is 32.2. The molecule has 2 nitrogen and oxygen atoms in total. The Balaban J connectivity index is 2.20. The van der Waals surface area contributed by atoms with E-state index in [-0.39, 0.29) is 6.04 Å². The summed E-state index contributed by atoms with van der Waals surface area (Å²) >= 11 is 1.69. The zero-order chi connectivity index (χ0) is 13.0. The third-order valence-corrected chi connectivity index (χ3v) is 4.01. The number of benzene rings is 1. The smallest absolute Gasteiger partial charge is 0.104 e. The number of pyridine rings is 1. The van der Waals surface area contributed by atoms with Crippen molar-refractivity contribution >= 4 is 11.8 Å². The summed E-state index contributed by atoms with van der Waals surface area (Å²) in [4.78, 5) is 5.73. The van der Waals surface area contributed by atoms with Crippen molar-refractivity contribution in [3.8, 4) is 0 Å². The van der Waals surface area contributed by atoms with Crippen molar-refractivity contribution in [2.45, 2.75) is 36.2 Å². The Labute approximate surface area is 113 Å². The molecule has 0 bridgehead atoms. The number of nitrogens with zero attached hydrogens (tertiary/aromatic N) is 1. The van der Waals surface area contributed by atoms with Crippen molar-refractivity contribution in [3.05, 3.63) is 53.7 Å². The molecule has 1 aromatic carbocycles. The molecule has 0 saturated carbocycles. The van der Waals surface area contributed by atoms with Gasteiger partial charge in [0.2, 0.25) is 0 Å². The first-order valence-electron chi connectivity index (χ1n) is 6.15. The van der Waals surface area contributed by atoms with Crippen LogP contribution < -0.4 is 5.73 Å². The molecular weight excluding hydrogens is 240 g/mol. The topological polar surface area (TPSA) is 38.9 Å². The molecule has 2 aromatic rings. The molecule has 0 aliphatic rings. The van der Waals surface area contributed by atoms with Crippen molar-refractivity contribution in [2.75, 3.05) is 0 Å². The lowest BCUT2D eigenvalue weighted by molar-refractivity contribution is 0.691. The van der Waals surface area contributed by atoms with Crippen LogP contribution in [0.4, 0.5) is 0 Å². The van der Waals surface area contributed by atoms with Gasteiger partial charge in [0.25, 0.3) is 0 Å². The molecule has 0 aliphatic heterocycles. The van der Waals surface area contributed by atoms with Gasteiger partial charge < -0.3 is 5.73 Å². The lowest BCUT2D eigenvalue weighted by Crippen LogP contribution is -2.09. The van der Waals surface area contributed by atoms with Crippen LogP contribution in [0.2, 0.25) is 0 Å². The minimum Gasteiger partial charge on any atom is -0.324 e. The molecular formula is C15H18N2S. The first-order chi connectivity index (χ1) is 8.70. The van der Waals surface area contributed by atoms with E-state index in [4.69, 9.17) is 5.73 Å². The van der Waals surface area contributed by atoms with E-state index < -0.39 is 0 Å². The molecule has 1 unspecified atom stereocenters. The number of aryl methyl sites for hydroxylation is 1. The van der Waals surface area contributed by atoms with Crippen molar-refractivity contribution in [1.29, 1.82) is 0 Å². The van der Waals surface area contributed by atoms with E-state index >= 15 is 0 Å². The van der Waals surface area contributed by atoms with Crippen molar-refractivity contribution in [2.24, 2.45) is 5.73 Å². The second-order valence-electron chi connectivity index (χ2n) is 4.32. The number of hydrogen-bond donors (Lipinski definition) is 1. The monoisotopic (exact) mass is 258 g/mol. The molecule has 0 spiro atoms. The highest BCUT2D eigenvalue weighted by molar-refractivity contribution is 7.99. The number of rotatable bonds is 4. The molecule has 1 atom stereocenters. The van der Waals surface area contributed by atoms with E-state index in [9.17, 15) is 0 Å². The van der Waals surface area contributed by atoms with Crippen LogP contribution in [0, 0.1) is 6.92 Å². The molecule has 0 radical (unpaired) electrons. The van der Waals surface area contributed by atoms with Gasteiger partial charge in [-0.15, -0.1) is 0 Å². The van der Waals surface area contributed by atoms with Gasteiger partial charge in [0.15, 0.2) is 0 Å². The summed E-state index contributed by atoms with van der Waals surface area (Å²) < 4.78 is 0. The molecule has 94 valence electrons. The standard InChI is InChI=1S/C15H18N2S/c1-3-14(16)12-9-11(2)15(17-10-12)18-13-7-5-4-6-8-13/h4-10,14H,3,16H2,1-2H3. The van der Waals surface area contributed by atoms with Crippen molar-refractivity contribution in [3.63, 3.8) is 0 Å². The predicted molar refractivity (Wildman–Crippen MR) is 76.8 cm³/mol. The normalized spacial score (nSPS) is 12.4. The fourth-order valence-corrected chi connectivity index (χ4v) is 2.57. The average Bonchev–Trinajstić information content (AvgIpc) is 2.41. The van der Waals surface area contributed by atoms with Crippen molar-refractivity contribution in [1.82, 2.24) is 4.98 Å². The lowest BCUT2D eigenvalue weighted by atomic mass is 10.1. The SMILES string of the molecule is CCC(N)c1cnc(Sc2ccccc2)c(C)c1. The Morgan fingerprint density at radius 3 is 2.61 bits per heavy atom. The number of aromatic nitrogens is 1. The van der Waals surface area contributed by atoms with Gasteiger partial charge in [0, 0.05) is 17.1 Å². The van der Waals surface area contributed by atoms with E-state index in [2.05, 4.69) is 37.0 Å². The zero-order valence-corrected chi connectivity index (χ0v) is 11.6. The second kappa shape index (κ2) is 6.03. The fourth-order valence-electron chi connectivity index (χ4n) is 1.73. The van der Waals surface area contributed by atoms with Gasteiger partial charge in [-0.25, -0.2) is 4.98 Å². The summed E-state index contributed by atoms with van der Waals surface area (Å²) in [6.07, 6.45) is 2.83. The van der Waals surface area contributed by atoms with Gasteiger partial charge in [-0.3, -0.25) is 0 Å². The van der Waals surface area contributed by atoms with E-state index in [1.807, 2.05) is 24.4 Å². The molecule has 18 heavy (non-hydrogen) atoms. The maximum atomic E-state index is 6.02. The van der Waals surface area contributed by atoms with Crippen LogP contribution in [0.5, 0.6) is 0 Å². The molecule has 1 heterocycles. The fraction of sp³-hybridized carbons (Fsp3) is 0.267. The van der Waals surface area contributed by atoms with Crippen LogP contribution in [0.25, 0.3) is 0 Å². The molecule has 1 aromatic heterocycles. The van der Waals surface area contributed by atoms with Gasteiger partial charge in [-0.05, 0) is 36.6 Å². The quantitative estimate of drug-likeness (QED) is 0.902. The highest BCUT2D eigenvalue weighted by Gasteiger charge is 2.08. The van der Waals surface area contributed by atoms with Gasteiger partial charge in [-0.1, -0.05) is 43.0 Å². The summed E-state index contributed by atoms with van der Waals surface area (Å²) in [5.74, 6) is 0. The van der Waals surface area contributed by atoms with Crippen LogP contribution in [0.1, 0.15) is 30.5 Å². The van der Waals surface area contributed by atoms with E-state index in [0.717, 1.165) is 17.0 Å². The lowest BCUT2D eigenvalue weighted by Gasteiger charge is -2.11. The maximum absolute atomic E-state index is 6.02. The summed E-state index contributed by atoms with van der Waals surface area (Å²) in [5.41, 5.74) is 8.32. The predicted octanol–water partition coefficient (Wildman–Crippen LogP) is 3.95. The summed E-state index contributed by atoms with van der Waals surface area (Å²) in [6, 6.07) is 12.5. The Kier molecular flexibility index (Phi) is 4.39. The Morgan fingerprint density at radius 1 is 1.28 bits per heavy atom. The molecule has 3 heteroatoms. The minimum absolute atomic E-state index is 0.0898. The maximum Gasteiger partial charge on any atom is 0.104 e. The Hall–Kier alpha value is -1.32. The molecule has 0 aliphatic carbocycles. The third kappa shape index (κ3) is 3.12. The van der Waals surface area contributed by atoms with E-state index in [1.54, 1.807) is 11.8 Å². The Bertz CT molecular complexity index is 511. The molecule has 0 fully saturated rings. The minimum atomic E-state index is 0.0898. The number of hydrogen-bond acceptors (Lipinski definition) is 3. The largest absolute Gasteiger partial charge is 0.324 e. The van der Waals surface area contributed by atoms with Gasteiger partial charge in [0.05, 0.1) is 0 Å². The van der Waals surface area contributed by atoms with Crippen LogP contribution in [-0.2, 0) is 0 Å². The first-order valence-corrected chi connectivity index (χ1v) is 6.97. The van der Waals surface area contributed by atoms with Gasteiger partial charge in [-0.2, -0.15) is 0 Å². The highest BCUT2D eigenvalue weighted by Crippen LogP contribution is 2.29. The van der Waals surface area contributed by atoms with Gasteiger partial charge in [0.1, 0.15) is 5.03 Å². The second-order valence-corrected chi connectivity index (χ2v) is 5.38. The van der Waals surface area contributed by atoms with Crippen LogP contribution in [0.3, 0.4) is 0 Å². The number of nitrogens with two attached hydrogens (primary N) is 1. The molecule has 0 amide bonds. The van der Waals surface area contributed by atoms with Crippen molar-refractivity contribution < 1.29 is 0 Å². The van der Waals surface area contributed by atoms with Crippen LogP contribution in [-0.4, -0.2) is 4.98 Å². The summed E-state index contributed by atoms with van der Waals surface area (Å²) in [7, 11) is 0. The molecule has 2 N–H and O–H groups in total. The third-order valence-electron chi connectivity index (χ3n) is 2.88. The van der Waals surface area contributed by atoms with Crippen LogP contribution >= 0.6 is 11.8 Å². The summed E-state index contributed by atoms with van der Waals surface area (Å²) in [5, 5.41) is 1.05. The molecule has 2 rings (SSSR count). The van der Waals surface area contributed by atoms with E-state index in [1.165, 1.54) is 10.5 Å². The average molecular weight is 258 g/mol. The molecule has 0 saturated heterocycles. The van der Waals surface area contributed by atoms with Crippen LogP contribution in [0.15, 0.2) is 52.5 Å².